The van der Waals surface area contributed by atoms with Crippen molar-refractivity contribution >= 4 is 11.3 Å². The summed E-state index contributed by atoms with van der Waals surface area (Å²) in [5.74, 6) is 0. The highest BCUT2D eigenvalue weighted by molar-refractivity contribution is 7.10. The van der Waals surface area contributed by atoms with Crippen LogP contribution in [-0.4, -0.2) is 41.5 Å². The Balaban J connectivity index is 1.69. The maximum Gasteiger partial charge on any atom is 0.0334 e. The zero-order valence-electron chi connectivity index (χ0n) is 10.9. The highest BCUT2D eigenvalue weighted by Crippen LogP contribution is 2.27. The molecule has 94 valence electrons. The van der Waals surface area contributed by atoms with Gasteiger partial charge in [0, 0.05) is 36.6 Å². The molecule has 0 radical (unpaired) electrons. The molecule has 0 spiro atoms. The molecule has 0 N–H and O–H groups in total. The predicted octanol–water partition coefficient (Wildman–Crippen LogP) is 2.73. The minimum Gasteiger partial charge on any atom is -0.298 e. The summed E-state index contributed by atoms with van der Waals surface area (Å²) >= 11 is 1.92. The number of nitrogens with zero attached hydrogens (tertiary/aromatic N) is 2. The van der Waals surface area contributed by atoms with Crippen LogP contribution in [0.1, 0.15) is 30.2 Å². The van der Waals surface area contributed by atoms with Gasteiger partial charge in [0.05, 0.1) is 0 Å². The molecule has 3 heterocycles. The number of hydrogen-bond donors (Lipinski definition) is 0. The van der Waals surface area contributed by atoms with Crippen LogP contribution in [0.4, 0.5) is 0 Å². The van der Waals surface area contributed by atoms with Gasteiger partial charge in [-0.1, -0.05) is 0 Å². The molecule has 0 saturated carbocycles. The minimum absolute atomic E-state index is 0.714. The van der Waals surface area contributed by atoms with E-state index >= 15 is 0 Å². The summed E-state index contributed by atoms with van der Waals surface area (Å²) in [6.07, 6.45) is 2.82. The van der Waals surface area contributed by atoms with Crippen LogP contribution in [0, 0.1) is 6.92 Å². The van der Waals surface area contributed by atoms with Gasteiger partial charge in [0.25, 0.3) is 0 Å². The maximum atomic E-state index is 2.70. The lowest BCUT2D eigenvalue weighted by molar-refractivity contribution is 0.0546. The summed E-state index contributed by atoms with van der Waals surface area (Å²) in [5.41, 5.74) is 1.47. The van der Waals surface area contributed by atoms with Crippen LogP contribution in [0.2, 0.25) is 0 Å². The van der Waals surface area contributed by atoms with Crippen LogP contribution < -0.4 is 0 Å². The molecular weight excluding hydrogens is 228 g/mol. The number of thiophene rings is 1. The van der Waals surface area contributed by atoms with Crippen molar-refractivity contribution in [1.82, 2.24) is 9.80 Å². The second kappa shape index (κ2) is 4.71. The molecule has 17 heavy (non-hydrogen) atoms. The van der Waals surface area contributed by atoms with Gasteiger partial charge in [-0.3, -0.25) is 9.80 Å². The van der Waals surface area contributed by atoms with Crippen LogP contribution in [0.5, 0.6) is 0 Å². The van der Waals surface area contributed by atoms with Crippen molar-refractivity contribution in [2.45, 2.75) is 45.3 Å². The minimum atomic E-state index is 0.714. The first-order valence-electron chi connectivity index (χ1n) is 6.75. The molecule has 2 nitrogen and oxygen atoms in total. The van der Waals surface area contributed by atoms with Gasteiger partial charge >= 0.3 is 0 Å². The summed E-state index contributed by atoms with van der Waals surface area (Å²) < 4.78 is 0. The molecular formula is C14H22N2S. The number of fused-ring (bicyclic) bond motifs is 1. The monoisotopic (exact) mass is 250 g/mol. The molecule has 2 aliphatic rings. The molecule has 1 aromatic heterocycles. The topological polar surface area (TPSA) is 6.48 Å². The predicted molar refractivity (Wildman–Crippen MR) is 73.5 cm³/mol. The number of piperazine rings is 1. The Bertz CT molecular complexity index is 387. The SMILES string of the molecule is Cc1ccsc1CN1CC2CCCN2C[C@H]1C. The van der Waals surface area contributed by atoms with E-state index in [0.717, 1.165) is 12.6 Å². The van der Waals surface area contributed by atoms with E-state index in [4.69, 9.17) is 0 Å². The molecule has 3 rings (SSSR count). The summed E-state index contributed by atoms with van der Waals surface area (Å²) in [6, 6.07) is 3.80. The average molecular weight is 250 g/mol. The highest BCUT2D eigenvalue weighted by Gasteiger charge is 2.34. The van der Waals surface area contributed by atoms with Crippen LogP contribution in [-0.2, 0) is 6.54 Å². The van der Waals surface area contributed by atoms with Gasteiger partial charge in [0.15, 0.2) is 0 Å². The normalized spacial score (nSPS) is 30.7. The number of rotatable bonds is 2. The largest absolute Gasteiger partial charge is 0.298 e. The maximum absolute atomic E-state index is 2.70. The highest BCUT2D eigenvalue weighted by atomic mass is 32.1. The fourth-order valence-electron chi connectivity index (χ4n) is 3.22. The van der Waals surface area contributed by atoms with E-state index in [2.05, 4.69) is 35.1 Å². The first kappa shape index (κ1) is 11.7. The fourth-order valence-corrected chi connectivity index (χ4v) is 4.15. The van der Waals surface area contributed by atoms with Gasteiger partial charge in [-0.15, -0.1) is 11.3 Å². The lowest BCUT2D eigenvalue weighted by Crippen LogP contribution is -2.54. The van der Waals surface area contributed by atoms with Crippen LogP contribution in [0.3, 0.4) is 0 Å². The lowest BCUT2D eigenvalue weighted by Gasteiger charge is -2.42. The number of aryl methyl sites for hydroxylation is 1. The zero-order chi connectivity index (χ0) is 11.8. The lowest BCUT2D eigenvalue weighted by atomic mass is 10.1. The second-order valence-corrected chi connectivity index (χ2v) is 6.60. The molecule has 1 unspecified atom stereocenters. The first-order chi connectivity index (χ1) is 8.24. The third-order valence-corrected chi connectivity index (χ3v) is 5.39. The van der Waals surface area contributed by atoms with Gasteiger partial charge in [-0.05, 0) is 50.2 Å². The molecule has 0 aromatic carbocycles. The van der Waals surface area contributed by atoms with Crippen molar-refractivity contribution in [2.75, 3.05) is 19.6 Å². The quantitative estimate of drug-likeness (QED) is 0.796. The van der Waals surface area contributed by atoms with Crippen molar-refractivity contribution < 1.29 is 0 Å². The van der Waals surface area contributed by atoms with E-state index in [1.165, 1.54) is 38.0 Å². The van der Waals surface area contributed by atoms with E-state index in [1.54, 1.807) is 4.88 Å². The van der Waals surface area contributed by atoms with Gasteiger partial charge in [0.2, 0.25) is 0 Å². The van der Waals surface area contributed by atoms with Gasteiger partial charge in [-0.2, -0.15) is 0 Å². The fraction of sp³-hybridized carbons (Fsp3) is 0.714. The molecule has 2 saturated heterocycles. The average Bonchev–Trinajstić information content (AvgIpc) is 2.89. The van der Waals surface area contributed by atoms with Crippen molar-refractivity contribution in [1.29, 1.82) is 0 Å². The van der Waals surface area contributed by atoms with Crippen molar-refractivity contribution in [3.05, 3.63) is 21.9 Å². The van der Waals surface area contributed by atoms with Gasteiger partial charge < -0.3 is 0 Å². The Kier molecular flexibility index (Phi) is 3.24. The summed E-state index contributed by atoms with van der Waals surface area (Å²) in [5, 5.41) is 2.22. The Hall–Kier alpha value is -0.380. The van der Waals surface area contributed by atoms with Crippen LogP contribution >= 0.6 is 11.3 Å². The van der Waals surface area contributed by atoms with Crippen LogP contribution in [0.25, 0.3) is 0 Å². The van der Waals surface area contributed by atoms with E-state index in [0.29, 0.717) is 6.04 Å². The van der Waals surface area contributed by atoms with Crippen molar-refractivity contribution in [2.24, 2.45) is 0 Å². The van der Waals surface area contributed by atoms with E-state index < -0.39 is 0 Å². The third-order valence-electron chi connectivity index (χ3n) is 4.38. The molecule has 0 bridgehead atoms. The third kappa shape index (κ3) is 2.28. The van der Waals surface area contributed by atoms with Crippen molar-refractivity contribution in [3.63, 3.8) is 0 Å². The standard InChI is InChI=1S/C14H22N2S/c1-11-5-7-17-14(11)10-16-9-13-4-3-6-15(13)8-12(16)2/h5,7,12-13H,3-4,6,8-10H2,1-2H3/t12-,13?/m1/s1. The van der Waals surface area contributed by atoms with Gasteiger partial charge in [-0.25, -0.2) is 0 Å². The van der Waals surface area contributed by atoms with E-state index in [-0.39, 0.29) is 0 Å². The van der Waals surface area contributed by atoms with E-state index in [1.807, 2.05) is 11.3 Å². The molecule has 0 amide bonds. The molecule has 2 fully saturated rings. The summed E-state index contributed by atoms with van der Waals surface area (Å²) in [4.78, 5) is 6.94. The number of hydrogen-bond acceptors (Lipinski definition) is 3. The molecule has 3 heteroatoms. The Morgan fingerprint density at radius 1 is 1.41 bits per heavy atom. The smallest absolute Gasteiger partial charge is 0.0334 e. The van der Waals surface area contributed by atoms with E-state index in [9.17, 15) is 0 Å². The Labute approximate surface area is 108 Å². The summed E-state index contributed by atoms with van der Waals surface area (Å²) in [7, 11) is 0. The molecule has 0 aliphatic carbocycles. The zero-order valence-corrected chi connectivity index (χ0v) is 11.7. The van der Waals surface area contributed by atoms with Crippen molar-refractivity contribution in [3.8, 4) is 0 Å². The molecule has 2 atom stereocenters. The molecule has 1 aromatic rings. The molecule has 2 aliphatic heterocycles. The van der Waals surface area contributed by atoms with Crippen LogP contribution in [0.15, 0.2) is 11.4 Å². The Morgan fingerprint density at radius 2 is 2.29 bits per heavy atom. The van der Waals surface area contributed by atoms with Gasteiger partial charge in [0.1, 0.15) is 0 Å². The summed E-state index contributed by atoms with van der Waals surface area (Å²) in [6.45, 7) is 9.67. The Morgan fingerprint density at radius 3 is 3.06 bits per heavy atom. The first-order valence-corrected chi connectivity index (χ1v) is 7.63. The second-order valence-electron chi connectivity index (χ2n) is 5.60.